The van der Waals surface area contributed by atoms with Crippen LogP contribution in [0, 0.1) is 0 Å². The number of allylic oxidation sites excluding steroid dienone is 8. The summed E-state index contributed by atoms with van der Waals surface area (Å²) < 4.78 is 5.71. The number of hydrogen-bond acceptors (Lipinski definition) is 3. The van der Waals surface area contributed by atoms with E-state index in [1.54, 1.807) is 24.3 Å². The summed E-state index contributed by atoms with van der Waals surface area (Å²) in [5.41, 5.74) is 6.36. The van der Waals surface area contributed by atoms with Gasteiger partial charge in [0, 0.05) is 12.1 Å². The molecule has 3 N–H and O–H groups in total. The van der Waals surface area contributed by atoms with E-state index in [4.69, 9.17) is 10.5 Å². The maximum absolute atomic E-state index is 9.33. The Morgan fingerprint density at radius 3 is 2.72 bits per heavy atom. The first-order chi connectivity index (χ1) is 8.65. The van der Waals surface area contributed by atoms with Crippen LogP contribution in [0.1, 0.15) is 20.3 Å². The van der Waals surface area contributed by atoms with Crippen LogP contribution in [-0.4, -0.2) is 5.11 Å². The summed E-state index contributed by atoms with van der Waals surface area (Å²) in [5.74, 6) is 1.71. The molecular weight excluding hydrogens is 226 g/mol. The lowest BCUT2D eigenvalue weighted by Gasteiger charge is -2.08. The summed E-state index contributed by atoms with van der Waals surface area (Å²) in [6.45, 7) is 3.77. The first kappa shape index (κ1) is 13.9. The highest BCUT2D eigenvalue weighted by atomic mass is 16.5. The van der Waals surface area contributed by atoms with Gasteiger partial charge >= 0.3 is 0 Å². The first-order valence-electron chi connectivity index (χ1n) is 5.86. The van der Waals surface area contributed by atoms with Crippen LogP contribution in [0.15, 0.2) is 71.6 Å². The average Bonchev–Trinajstić information content (AvgIpc) is 2.58. The van der Waals surface area contributed by atoms with Crippen LogP contribution < -0.4 is 5.73 Å². The molecule has 1 aliphatic rings. The van der Waals surface area contributed by atoms with Crippen molar-refractivity contribution in [1.29, 1.82) is 0 Å². The Hall–Kier alpha value is -2.16. The fourth-order valence-corrected chi connectivity index (χ4v) is 1.29. The first-order valence-corrected chi connectivity index (χ1v) is 5.86. The predicted octanol–water partition coefficient (Wildman–Crippen LogP) is 3.61. The lowest BCUT2D eigenvalue weighted by molar-refractivity contribution is 0.312. The quantitative estimate of drug-likeness (QED) is 0.587. The molecule has 0 atom stereocenters. The molecule has 0 spiro atoms. The smallest absolute Gasteiger partial charge is 0.122 e. The minimum absolute atomic E-state index is 0.226. The second-order valence-electron chi connectivity index (χ2n) is 3.75. The molecule has 3 heteroatoms. The van der Waals surface area contributed by atoms with Gasteiger partial charge in [0.15, 0.2) is 0 Å². The molecule has 0 saturated heterocycles. The zero-order valence-electron chi connectivity index (χ0n) is 10.8. The zero-order chi connectivity index (χ0) is 13.4. The third kappa shape index (κ3) is 4.78. The van der Waals surface area contributed by atoms with E-state index < -0.39 is 0 Å². The molecular formula is C15H19NO2. The monoisotopic (exact) mass is 245 g/mol. The SMILES string of the molecule is C\C=C(N)/C=C\C(=C/C)OC1=CC=C(O)C=CC1. The van der Waals surface area contributed by atoms with Crippen LogP contribution in [0.3, 0.4) is 0 Å². The Balaban J connectivity index is 2.71. The van der Waals surface area contributed by atoms with Gasteiger partial charge in [-0.05, 0) is 50.3 Å². The van der Waals surface area contributed by atoms with Crippen molar-refractivity contribution >= 4 is 0 Å². The van der Waals surface area contributed by atoms with Gasteiger partial charge in [0.2, 0.25) is 0 Å². The minimum Gasteiger partial charge on any atom is -0.508 e. The lowest BCUT2D eigenvalue weighted by Crippen LogP contribution is -1.93. The zero-order valence-corrected chi connectivity index (χ0v) is 10.8. The molecule has 0 unspecified atom stereocenters. The Morgan fingerprint density at radius 1 is 1.28 bits per heavy atom. The van der Waals surface area contributed by atoms with E-state index in [2.05, 4.69) is 0 Å². The number of rotatable bonds is 4. The lowest BCUT2D eigenvalue weighted by atomic mass is 10.3. The molecule has 18 heavy (non-hydrogen) atoms. The summed E-state index contributed by atoms with van der Waals surface area (Å²) in [4.78, 5) is 0. The topological polar surface area (TPSA) is 55.5 Å². The van der Waals surface area contributed by atoms with E-state index in [-0.39, 0.29) is 5.76 Å². The molecule has 0 heterocycles. The summed E-state index contributed by atoms with van der Waals surface area (Å²) in [6, 6.07) is 0. The highest BCUT2D eigenvalue weighted by Gasteiger charge is 2.01. The molecule has 0 amide bonds. The third-order valence-electron chi connectivity index (χ3n) is 2.35. The molecule has 1 rings (SSSR count). The molecule has 3 nitrogen and oxygen atoms in total. The van der Waals surface area contributed by atoms with Gasteiger partial charge in [0.05, 0.1) is 0 Å². The molecule has 0 aliphatic heterocycles. The van der Waals surface area contributed by atoms with Crippen LogP contribution in [0.5, 0.6) is 0 Å². The number of aliphatic hydroxyl groups excluding tert-OH is 1. The molecule has 0 saturated carbocycles. The van der Waals surface area contributed by atoms with Gasteiger partial charge in [-0.25, -0.2) is 0 Å². The molecule has 1 aliphatic carbocycles. The second kappa shape index (κ2) is 7.22. The van der Waals surface area contributed by atoms with Crippen LogP contribution >= 0.6 is 0 Å². The van der Waals surface area contributed by atoms with Crippen molar-refractivity contribution in [3.63, 3.8) is 0 Å². The van der Waals surface area contributed by atoms with Crippen LogP contribution in [0.25, 0.3) is 0 Å². The van der Waals surface area contributed by atoms with Gasteiger partial charge in [-0.2, -0.15) is 0 Å². The van der Waals surface area contributed by atoms with Crippen molar-refractivity contribution in [3.8, 4) is 0 Å². The van der Waals surface area contributed by atoms with E-state index in [1.807, 2.05) is 38.2 Å². The molecule has 0 bridgehead atoms. The van der Waals surface area contributed by atoms with Gasteiger partial charge in [-0.15, -0.1) is 0 Å². The highest BCUT2D eigenvalue weighted by Crippen LogP contribution is 2.16. The van der Waals surface area contributed by atoms with Gasteiger partial charge in [0.25, 0.3) is 0 Å². The van der Waals surface area contributed by atoms with E-state index >= 15 is 0 Å². The van der Waals surface area contributed by atoms with Crippen molar-refractivity contribution < 1.29 is 9.84 Å². The molecule has 0 fully saturated rings. The van der Waals surface area contributed by atoms with E-state index in [0.29, 0.717) is 17.9 Å². The van der Waals surface area contributed by atoms with Crippen molar-refractivity contribution in [2.24, 2.45) is 5.73 Å². The standard InChI is InChI=1S/C15H19NO2/c1-3-12(16)8-10-14(4-2)18-15-7-5-6-13(17)9-11-15/h3-6,8-11,17H,7,16H2,1-2H3/b10-8-,12-3+,14-4+. The van der Waals surface area contributed by atoms with Crippen LogP contribution in [0.4, 0.5) is 0 Å². The maximum atomic E-state index is 9.33. The average molecular weight is 245 g/mol. The van der Waals surface area contributed by atoms with E-state index in [0.717, 1.165) is 5.76 Å². The largest absolute Gasteiger partial charge is 0.508 e. The Kier molecular flexibility index (Phi) is 5.58. The normalized spacial score (nSPS) is 17.4. The molecule has 0 aromatic carbocycles. The fraction of sp³-hybridized carbons (Fsp3) is 0.200. The maximum Gasteiger partial charge on any atom is 0.122 e. The van der Waals surface area contributed by atoms with Gasteiger partial charge in [-0.1, -0.05) is 12.2 Å². The third-order valence-corrected chi connectivity index (χ3v) is 2.35. The number of hydrogen-bond donors (Lipinski definition) is 2. The molecule has 0 aromatic rings. The number of nitrogens with two attached hydrogens (primary N) is 1. The van der Waals surface area contributed by atoms with Crippen molar-refractivity contribution in [2.75, 3.05) is 0 Å². The van der Waals surface area contributed by atoms with Gasteiger partial charge < -0.3 is 15.6 Å². The van der Waals surface area contributed by atoms with Gasteiger partial charge in [-0.3, -0.25) is 0 Å². The number of ether oxygens (including phenoxy) is 1. The van der Waals surface area contributed by atoms with Crippen molar-refractivity contribution in [2.45, 2.75) is 20.3 Å². The predicted molar refractivity (Wildman–Crippen MR) is 74.5 cm³/mol. The Bertz CT molecular complexity index is 463. The minimum atomic E-state index is 0.226. The summed E-state index contributed by atoms with van der Waals surface area (Å²) in [7, 11) is 0. The van der Waals surface area contributed by atoms with Crippen molar-refractivity contribution in [3.05, 3.63) is 71.6 Å². The van der Waals surface area contributed by atoms with E-state index in [9.17, 15) is 5.11 Å². The summed E-state index contributed by atoms with van der Waals surface area (Å²) >= 11 is 0. The molecule has 96 valence electrons. The molecule has 0 aromatic heterocycles. The van der Waals surface area contributed by atoms with Crippen LogP contribution in [-0.2, 0) is 4.74 Å². The highest BCUT2D eigenvalue weighted by molar-refractivity contribution is 5.27. The van der Waals surface area contributed by atoms with E-state index in [1.165, 1.54) is 0 Å². The summed E-state index contributed by atoms with van der Waals surface area (Å²) in [6.07, 6.45) is 14.8. The second-order valence-corrected chi connectivity index (χ2v) is 3.75. The van der Waals surface area contributed by atoms with Crippen molar-refractivity contribution in [1.82, 2.24) is 0 Å². The molecule has 0 radical (unpaired) electrons. The summed E-state index contributed by atoms with van der Waals surface area (Å²) in [5, 5.41) is 9.33. The van der Waals surface area contributed by atoms with Gasteiger partial charge in [0.1, 0.15) is 17.3 Å². The Labute approximate surface area is 108 Å². The Morgan fingerprint density at radius 2 is 2.06 bits per heavy atom. The number of aliphatic hydroxyl groups is 1. The fourth-order valence-electron chi connectivity index (χ4n) is 1.29. The van der Waals surface area contributed by atoms with Crippen LogP contribution in [0.2, 0.25) is 0 Å².